The summed E-state index contributed by atoms with van der Waals surface area (Å²) in [4.78, 5) is 8.73. The molecular formula is C20H17FN6O3S. The van der Waals surface area contributed by atoms with Gasteiger partial charge < -0.3 is 15.8 Å². The molecule has 0 aliphatic carbocycles. The number of ether oxygens (including phenoxy) is 1. The maximum atomic E-state index is 13.7. The van der Waals surface area contributed by atoms with E-state index >= 15 is 0 Å². The Labute approximate surface area is 176 Å². The first-order valence-corrected chi connectivity index (χ1v) is 11.2. The van der Waals surface area contributed by atoms with E-state index in [4.69, 9.17) is 10.5 Å². The normalized spacial score (nSPS) is 13.2. The van der Waals surface area contributed by atoms with Crippen LogP contribution in [0.3, 0.4) is 0 Å². The Kier molecular flexibility index (Phi) is 4.29. The van der Waals surface area contributed by atoms with Gasteiger partial charge in [0.2, 0.25) is 5.95 Å². The summed E-state index contributed by atoms with van der Waals surface area (Å²) in [6, 6.07) is 7.51. The molecule has 3 heterocycles. The molecule has 2 aromatic carbocycles. The second-order valence-electron chi connectivity index (χ2n) is 7.20. The number of aromatic amines is 1. The van der Waals surface area contributed by atoms with Crippen molar-refractivity contribution in [3.8, 4) is 17.0 Å². The summed E-state index contributed by atoms with van der Waals surface area (Å²) in [7, 11) is -3.44. The Balaban J connectivity index is 1.51. The molecule has 158 valence electrons. The number of hydrogen-bond acceptors (Lipinski definition) is 8. The molecule has 0 fully saturated rings. The second-order valence-corrected chi connectivity index (χ2v) is 9.19. The number of anilines is 3. The molecule has 0 unspecified atom stereocenters. The number of aromatic nitrogens is 4. The molecule has 5 rings (SSSR count). The number of halogens is 1. The molecule has 0 atom stereocenters. The Morgan fingerprint density at radius 2 is 2.10 bits per heavy atom. The van der Waals surface area contributed by atoms with Gasteiger partial charge in [0.25, 0.3) is 0 Å². The van der Waals surface area contributed by atoms with Gasteiger partial charge in [-0.2, -0.15) is 10.1 Å². The lowest BCUT2D eigenvalue weighted by molar-refractivity contribution is 0.357. The first-order chi connectivity index (χ1) is 14.8. The minimum Gasteiger partial charge on any atom is -0.493 e. The fraction of sp³-hybridized carbons (Fsp3) is 0.150. The first-order valence-electron chi connectivity index (χ1n) is 9.33. The van der Waals surface area contributed by atoms with Crippen molar-refractivity contribution in [2.45, 2.75) is 11.3 Å². The molecule has 1 aliphatic heterocycles. The minimum atomic E-state index is -3.44. The highest BCUT2D eigenvalue weighted by atomic mass is 32.2. The van der Waals surface area contributed by atoms with Crippen LogP contribution in [-0.4, -0.2) is 41.4 Å². The molecule has 0 radical (unpaired) electrons. The number of hydrogen-bond donors (Lipinski definition) is 3. The molecule has 0 saturated carbocycles. The number of rotatable bonds is 4. The number of nitrogens with zero attached hydrogens (tertiary/aromatic N) is 3. The van der Waals surface area contributed by atoms with Crippen molar-refractivity contribution < 1.29 is 17.5 Å². The van der Waals surface area contributed by atoms with Crippen LogP contribution in [0.25, 0.3) is 22.2 Å². The highest BCUT2D eigenvalue weighted by molar-refractivity contribution is 7.90. The first kappa shape index (κ1) is 19.2. The van der Waals surface area contributed by atoms with E-state index in [1.165, 1.54) is 24.4 Å². The van der Waals surface area contributed by atoms with Crippen LogP contribution in [0.15, 0.2) is 41.4 Å². The molecule has 31 heavy (non-hydrogen) atoms. The summed E-state index contributed by atoms with van der Waals surface area (Å²) >= 11 is 0. The lowest BCUT2D eigenvalue weighted by atomic mass is 10.1. The third-order valence-corrected chi connectivity index (χ3v) is 6.19. The Hall–Kier alpha value is -3.73. The van der Waals surface area contributed by atoms with Crippen molar-refractivity contribution in [1.29, 1.82) is 0 Å². The van der Waals surface area contributed by atoms with Crippen molar-refractivity contribution in [3.05, 3.63) is 47.9 Å². The van der Waals surface area contributed by atoms with E-state index in [1.807, 2.05) is 0 Å². The number of sulfone groups is 1. The highest BCUT2D eigenvalue weighted by Gasteiger charge is 2.23. The summed E-state index contributed by atoms with van der Waals surface area (Å²) in [6.45, 7) is 0.428. The van der Waals surface area contributed by atoms with Crippen LogP contribution in [0.5, 0.6) is 5.75 Å². The molecule has 4 aromatic rings. The van der Waals surface area contributed by atoms with Crippen molar-refractivity contribution in [1.82, 2.24) is 20.2 Å². The summed E-state index contributed by atoms with van der Waals surface area (Å²) in [6.07, 6.45) is 3.17. The molecule has 2 aromatic heterocycles. The van der Waals surface area contributed by atoms with E-state index in [-0.39, 0.29) is 16.7 Å². The van der Waals surface area contributed by atoms with Crippen molar-refractivity contribution in [3.63, 3.8) is 0 Å². The predicted molar refractivity (Wildman–Crippen MR) is 114 cm³/mol. The fourth-order valence-electron chi connectivity index (χ4n) is 3.62. The molecule has 0 amide bonds. The summed E-state index contributed by atoms with van der Waals surface area (Å²) in [5.74, 6) is 0.425. The van der Waals surface area contributed by atoms with Crippen molar-refractivity contribution >= 4 is 38.2 Å². The molecule has 0 spiro atoms. The number of nitrogens with one attached hydrogen (secondary N) is 2. The number of fused-ring (bicyclic) bond motifs is 2. The lowest BCUT2D eigenvalue weighted by Gasteiger charge is -2.11. The fourth-order valence-corrected chi connectivity index (χ4v) is 4.61. The average molecular weight is 440 g/mol. The predicted octanol–water partition coefficient (Wildman–Crippen LogP) is 2.82. The van der Waals surface area contributed by atoms with E-state index in [0.29, 0.717) is 52.2 Å². The molecule has 0 saturated heterocycles. The van der Waals surface area contributed by atoms with Gasteiger partial charge in [0, 0.05) is 41.6 Å². The largest absolute Gasteiger partial charge is 0.493 e. The zero-order valence-corrected chi connectivity index (χ0v) is 17.1. The van der Waals surface area contributed by atoms with Gasteiger partial charge >= 0.3 is 0 Å². The summed E-state index contributed by atoms with van der Waals surface area (Å²) < 4.78 is 43.6. The van der Waals surface area contributed by atoms with Crippen LogP contribution in [0.4, 0.5) is 21.8 Å². The van der Waals surface area contributed by atoms with Crippen LogP contribution in [-0.2, 0) is 16.3 Å². The molecule has 4 N–H and O–H groups in total. The van der Waals surface area contributed by atoms with Gasteiger partial charge in [-0.05, 0) is 24.3 Å². The Morgan fingerprint density at radius 3 is 2.87 bits per heavy atom. The monoisotopic (exact) mass is 440 g/mol. The highest BCUT2D eigenvalue weighted by Crippen LogP contribution is 2.36. The van der Waals surface area contributed by atoms with E-state index in [0.717, 1.165) is 6.26 Å². The van der Waals surface area contributed by atoms with Crippen molar-refractivity contribution in [2.75, 3.05) is 23.9 Å². The number of benzene rings is 2. The zero-order valence-electron chi connectivity index (χ0n) is 16.3. The Bertz CT molecular complexity index is 1450. The molecule has 11 heteroatoms. The van der Waals surface area contributed by atoms with E-state index < -0.39 is 15.7 Å². The zero-order chi connectivity index (χ0) is 21.8. The van der Waals surface area contributed by atoms with Crippen LogP contribution in [0.1, 0.15) is 5.56 Å². The second kappa shape index (κ2) is 6.91. The molecule has 9 nitrogen and oxygen atoms in total. The van der Waals surface area contributed by atoms with Crippen molar-refractivity contribution in [2.24, 2.45) is 0 Å². The van der Waals surface area contributed by atoms with Crippen LogP contribution in [0, 0.1) is 5.82 Å². The van der Waals surface area contributed by atoms with Gasteiger partial charge in [-0.15, -0.1) is 0 Å². The standard InChI is InChI=1S/C20H17FN6O3S/c1-31(28,29)17-8-11(7-16-12(17)4-5-30-16)24-20-23-9-14(19(22)25-20)18-13-6-10(21)2-3-15(13)26-27-18/h2-3,6-9H,4-5H2,1H3,(H,26,27)(H3,22,23,24,25). The molecule has 1 aliphatic rings. The van der Waals surface area contributed by atoms with E-state index in [9.17, 15) is 12.8 Å². The maximum absolute atomic E-state index is 13.7. The SMILES string of the molecule is CS(=O)(=O)c1cc(Nc2ncc(-c3n[nH]c4ccc(F)cc34)c(N)n2)cc2c1CCO2. The quantitative estimate of drug-likeness (QED) is 0.441. The van der Waals surface area contributed by atoms with Crippen LogP contribution in [0.2, 0.25) is 0 Å². The topological polar surface area (TPSA) is 136 Å². The van der Waals surface area contributed by atoms with Gasteiger partial charge in [0.15, 0.2) is 9.84 Å². The maximum Gasteiger partial charge on any atom is 0.229 e. The van der Waals surface area contributed by atoms with Gasteiger partial charge in [-0.3, -0.25) is 5.10 Å². The van der Waals surface area contributed by atoms with E-state index in [1.54, 1.807) is 12.1 Å². The van der Waals surface area contributed by atoms with Gasteiger partial charge in [-0.1, -0.05) is 0 Å². The third-order valence-electron chi connectivity index (χ3n) is 5.03. The lowest BCUT2D eigenvalue weighted by Crippen LogP contribution is -2.05. The summed E-state index contributed by atoms with van der Waals surface area (Å²) in [5, 5.41) is 10.6. The molecule has 0 bridgehead atoms. The van der Waals surface area contributed by atoms with Gasteiger partial charge in [-0.25, -0.2) is 17.8 Å². The number of H-pyrrole nitrogens is 1. The molecular weight excluding hydrogens is 423 g/mol. The van der Waals surface area contributed by atoms with Gasteiger partial charge in [0.1, 0.15) is 23.1 Å². The number of nitrogen functional groups attached to an aromatic ring is 1. The van der Waals surface area contributed by atoms with Gasteiger partial charge in [0.05, 0.1) is 22.6 Å². The minimum absolute atomic E-state index is 0.135. The third kappa shape index (κ3) is 3.42. The number of nitrogens with two attached hydrogens (primary N) is 1. The Morgan fingerprint density at radius 1 is 1.26 bits per heavy atom. The average Bonchev–Trinajstić information content (AvgIpc) is 3.33. The summed E-state index contributed by atoms with van der Waals surface area (Å²) in [5.41, 5.74) is 8.78. The smallest absolute Gasteiger partial charge is 0.229 e. The van der Waals surface area contributed by atoms with Crippen LogP contribution >= 0.6 is 0 Å². The van der Waals surface area contributed by atoms with E-state index in [2.05, 4.69) is 25.5 Å². The van der Waals surface area contributed by atoms with Crippen LogP contribution < -0.4 is 15.8 Å².